The maximum Gasteiger partial charge on any atom is 0.255 e. The molecule has 0 saturated heterocycles. The van der Waals surface area contributed by atoms with Gasteiger partial charge in [-0.25, -0.2) is 4.39 Å². The highest BCUT2D eigenvalue weighted by atomic mass is 79.9. The number of hydrogen-bond donors (Lipinski definition) is 2. The summed E-state index contributed by atoms with van der Waals surface area (Å²) in [6, 6.07) is 9.85. The van der Waals surface area contributed by atoms with Gasteiger partial charge in [-0.2, -0.15) is 0 Å². The van der Waals surface area contributed by atoms with Gasteiger partial charge in [0.1, 0.15) is 5.82 Å². The molecule has 5 heteroatoms. The van der Waals surface area contributed by atoms with Crippen molar-refractivity contribution in [1.82, 2.24) is 0 Å². The Hall–Kier alpha value is -1.88. The van der Waals surface area contributed by atoms with Gasteiger partial charge >= 0.3 is 0 Å². The molecule has 0 atom stereocenters. The maximum atomic E-state index is 13.3. The van der Waals surface area contributed by atoms with E-state index in [1.807, 2.05) is 18.2 Å². The van der Waals surface area contributed by atoms with Crippen molar-refractivity contribution in [2.75, 3.05) is 17.2 Å². The van der Waals surface area contributed by atoms with Gasteiger partial charge in [-0.15, -0.1) is 0 Å². The first-order chi connectivity index (χ1) is 9.61. The Balaban J connectivity index is 1.82. The molecule has 2 N–H and O–H groups in total. The van der Waals surface area contributed by atoms with Crippen LogP contribution in [0, 0.1) is 5.82 Å². The van der Waals surface area contributed by atoms with E-state index in [1.165, 1.54) is 17.7 Å². The molecule has 1 amide bonds. The highest BCUT2D eigenvalue weighted by Gasteiger charge is 2.12. The molecule has 0 saturated carbocycles. The first kappa shape index (κ1) is 13.1. The van der Waals surface area contributed by atoms with Gasteiger partial charge in [0.05, 0.1) is 0 Å². The number of rotatable bonds is 2. The molecule has 0 unspecified atom stereocenters. The van der Waals surface area contributed by atoms with Crippen molar-refractivity contribution in [2.45, 2.75) is 6.42 Å². The minimum atomic E-state index is -0.442. The Morgan fingerprint density at radius 2 is 2.10 bits per heavy atom. The van der Waals surface area contributed by atoms with Gasteiger partial charge < -0.3 is 10.6 Å². The van der Waals surface area contributed by atoms with Gasteiger partial charge in [0.15, 0.2) is 0 Å². The summed E-state index contributed by atoms with van der Waals surface area (Å²) >= 11 is 3.18. The monoisotopic (exact) mass is 334 g/mol. The van der Waals surface area contributed by atoms with Crippen molar-refractivity contribution >= 4 is 33.2 Å². The highest BCUT2D eigenvalue weighted by Crippen LogP contribution is 2.25. The van der Waals surface area contributed by atoms with Crippen LogP contribution in [0.2, 0.25) is 0 Å². The van der Waals surface area contributed by atoms with Gasteiger partial charge in [-0.1, -0.05) is 15.9 Å². The predicted octanol–water partition coefficient (Wildman–Crippen LogP) is 3.81. The van der Waals surface area contributed by atoms with E-state index in [0.717, 1.165) is 24.3 Å². The molecule has 3 nitrogen and oxygen atoms in total. The average molecular weight is 335 g/mol. The third-order valence-electron chi connectivity index (χ3n) is 3.20. The quantitative estimate of drug-likeness (QED) is 0.876. The molecule has 2 aromatic rings. The lowest BCUT2D eigenvalue weighted by Gasteiger charge is -2.08. The second-order valence-electron chi connectivity index (χ2n) is 4.66. The number of halogens is 2. The number of nitrogens with one attached hydrogen (secondary N) is 2. The lowest BCUT2D eigenvalue weighted by molar-refractivity contribution is 0.102. The third kappa shape index (κ3) is 2.67. The van der Waals surface area contributed by atoms with E-state index < -0.39 is 5.82 Å². The standard InChI is InChI=1S/C15H12BrFN2O/c16-11-5-10(6-12(17)8-11)15(20)19-13-1-2-14-9(7-13)3-4-18-14/h1-2,5-8,18H,3-4H2,(H,19,20). The van der Waals surface area contributed by atoms with E-state index in [0.29, 0.717) is 4.47 Å². The van der Waals surface area contributed by atoms with E-state index in [-0.39, 0.29) is 11.5 Å². The molecule has 1 aliphatic heterocycles. The number of benzene rings is 2. The minimum absolute atomic E-state index is 0.287. The summed E-state index contributed by atoms with van der Waals surface area (Å²) in [7, 11) is 0. The average Bonchev–Trinajstić information content (AvgIpc) is 2.85. The number of fused-ring (bicyclic) bond motifs is 1. The van der Waals surface area contributed by atoms with Crippen molar-refractivity contribution in [3.8, 4) is 0 Å². The summed E-state index contributed by atoms with van der Waals surface area (Å²) in [5.74, 6) is -0.765. The Kier molecular flexibility index (Phi) is 3.44. The molecule has 0 bridgehead atoms. The molecular weight excluding hydrogens is 323 g/mol. The molecule has 102 valence electrons. The zero-order chi connectivity index (χ0) is 14.1. The molecule has 0 fully saturated rings. The van der Waals surface area contributed by atoms with Gasteiger partial charge in [-0.05, 0) is 48.4 Å². The van der Waals surface area contributed by atoms with Gasteiger partial charge in [0.2, 0.25) is 0 Å². The molecule has 20 heavy (non-hydrogen) atoms. The molecule has 0 aromatic heterocycles. The summed E-state index contributed by atoms with van der Waals surface area (Å²) in [5, 5.41) is 6.05. The Morgan fingerprint density at radius 1 is 1.25 bits per heavy atom. The fraction of sp³-hybridized carbons (Fsp3) is 0.133. The fourth-order valence-corrected chi connectivity index (χ4v) is 2.74. The summed E-state index contributed by atoms with van der Waals surface area (Å²) in [5.41, 5.74) is 3.30. The molecule has 1 aliphatic rings. The Morgan fingerprint density at radius 3 is 2.90 bits per heavy atom. The first-order valence-corrected chi connectivity index (χ1v) is 7.05. The molecule has 0 spiro atoms. The smallest absolute Gasteiger partial charge is 0.255 e. The van der Waals surface area contributed by atoms with E-state index >= 15 is 0 Å². The maximum absolute atomic E-state index is 13.3. The van der Waals surface area contributed by atoms with Crippen molar-refractivity contribution in [2.24, 2.45) is 0 Å². The topological polar surface area (TPSA) is 41.1 Å². The molecular formula is C15H12BrFN2O. The summed E-state index contributed by atoms with van der Waals surface area (Å²) in [6.07, 6.45) is 0.949. The molecule has 0 radical (unpaired) electrons. The highest BCUT2D eigenvalue weighted by molar-refractivity contribution is 9.10. The largest absolute Gasteiger partial charge is 0.384 e. The molecule has 0 aliphatic carbocycles. The van der Waals surface area contributed by atoms with Crippen molar-refractivity contribution in [3.05, 3.63) is 57.8 Å². The van der Waals surface area contributed by atoms with Crippen LogP contribution in [-0.4, -0.2) is 12.5 Å². The zero-order valence-corrected chi connectivity index (χ0v) is 12.1. The van der Waals surface area contributed by atoms with E-state index in [1.54, 1.807) is 6.07 Å². The molecule has 2 aromatic carbocycles. The van der Waals surface area contributed by atoms with Crippen LogP contribution in [0.15, 0.2) is 40.9 Å². The van der Waals surface area contributed by atoms with Crippen molar-refractivity contribution in [1.29, 1.82) is 0 Å². The number of anilines is 2. The van der Waals surface area contributed by atoms with E-state index in [2.05, 4.69) is 26.6 Å². The lowest BCUT2D eigenvalue weighted by Crippen LogP contribution is -2.12. The molecule has 1 heterocycles. The van der Waals surface area contributed by atoms with Crippen LogP contribution in [0.25, 0.3) is 0 Å². The number of carbonyl (C=O) groups is 1. The van der Waals surface area contributed by atoms with Crippen molar-refractivity contribution < 1.29 is 9.18 Å². The van der Waals surface area contributed by atoms with Gasteiger partial charge in [0.25, 0.3) is 5.91 Å². The fourth-order valence-electron chi connectivity index (χ4n) is 2.27. The summed E-state index contributed by atoms with van der Waals surface area (Å²) in [4.78, 5) is 12.1. The van der Waals surface area contributed by atoms with Gasteiger partial charge in [-0.3, -0.25) is 4.79 Å². The van der Waals surface area contributed by atoms with Crippen LogP contribution >= 0.6 is 15.9 Å². The van der Waals surface area contributed by atoms with Crippen LogP contribution in [0.4, 0.5) is 15.8 Å². The summed E-state index contributed by atoms with van der Waals surface area (Å²) < 4.78 is 13.8. The van der Waals surface area contributed by atoms with Crippen LogP contribution in [-0.2, 0) is 6.42 Å². The number of amides is 1. The first-order valence-electron chi connectivity index (χ1n) is 6.26. The number of carbonyl (C=O) groups excluding carboxylic acids is 1. The number of hydrogen-bond acceptors (Lipinski definition) is 2. The SMILES string of the molecule is O=C(Nc1ccc2c(c1)CCN2)c1cc(F)cc(Br)c1. The van der Waals surface area contributed by atoms with Crippen LogP contribution in [0.3, 0.4) is 0 Å². The van der Waals surface area contributed by atoms with E-state index in [9.17, 15) is 9.18 Å². The Bertz CT molecular complexity index is 667. The minimum Gasteiger partial charge on any atom is -0.384 e. The Labute approximate surface area is 124 Å². The second kappa shape index (κ2) is 5.25. The van der Waals surface area contributed by atoms with Crippen molar-refractivity contribution in [3.63, 3.8) is 0 Å². The van der Waals surface area contributed by atoms with Gasteiger partial charge in [0, 0.05) is 28.0 Å². The third-order valence-corrected chi connectivity index (χ3v) is 3.66. The zero-order valence-electron chi connectivity index (χ0n) is 10.5. The van der Waals surface area contributed by atoms with E-state index in [4.69, 9.17) is 0 Å². The second-order valence-corrected chi connectivity index (χ2v) is 5.58. The predicted molar refractivity (Wildman–Crippen MR) is 80.7 cm³/mol. The van der Waals surface area contributed by atoms with Crippen LogP contribution in [0.5, 0.6) is 0 Å². The molecule has 3 rings (SSSR count). The van der Waals surface area contributed by atoms with Crippen LogP contribution in [0.1, 0.15) is 15.9 Å². The normalized spacial score (nSPS) is 12.7. The summed E-state index contributed by atoms with van der Waals surface area (Å²) in [6.45, 7) is 0.920. The van der Waals surface area contributed by atoms with Crippen LogP contribution < -0.4 is 10.6 Å². The lowest BCUT2D eigenvalue weighted by atomic mass is 10.1.